The summed E-state index contributed by atoms with van der Waals surface area (Å²) in [6.07, 6.45) is 4.08. The molecular formula is C15H24FNO2. The zero-order valence-corrected chi connectivity index (χ0v) is 12.3. The molecular weight excluding hydrogens is 245 g/mol. The van der Waals surface area contributed by atoms with E-state index in [1.165, 1.54) is 44.5 Å². The Balaban J connectivity index is 0.000000555. The second-order valence-corrected chi connectivity index (χ2v) is 4.04. The molecule has 4 heteroatoms. The van der Waals surface area contributed by atoms with Crippen molar-refractivity contribution in [1.29, 1.82) is 0 Å². The van der Waals surface area contributed by atoms with E-state index in [2.05, 4.69) is 19.2 Å². The number of nitrogens with one attached hydrogen (secondary N) is 1. The average molecular weight is 269 g/mol. The van der Waals surface area contributed by atoms with Gasteiger partial charge in [0.05, 0.1) is 6.61 Å². The fourth-order valence-corrected chi connectivity index (χ4v) is 1.44. The van der Waals surface area contributed by atoms with Gasteiger partial charge in [0.25, 0.3) is 5.91 Å². The maximum Gasteiger partial charge on any atom is 0.251 e. The van der Waals surface area contributed by atoms with Gasteiger partial charge in [-0.2, -0.15) is 0 Å². The Morgan fingerprint density at radius 1 is 1.21 bits per heavy atom. The van der Waals surface area contributed by atoms with Crippen molar-refractivity contribution in [3.05, 3.63) is 29.6 Å². The Kier molecular flexibility index (Phi) is 9.49. The van der Waals surface area contributed by atoms with Crippen LogP contribution in [-0.4, -0.2) is 19.6 Å². The van der Waals surface area contributed by atoms with Crippen molar-refractivity contribution >= 4 is 5.91 Å². The summed E-state index contributed by atoms with van der Waals surface area (Å²) in [5.41, 5.74) is 0.260. The predicted octanol–water partition coefficient (Wildman–Crippen LogP) is 3.78. The van der Waals surface area contributed by atoms with Gasteiger partial charge in [0, 0.05) is 18.7 Å². The molecule has 0 saturated carbocycles. The van der Waals surface area contributed by atoms with Crippen LogP contribution in [0.1, 0.15) is 50.4 Å². The third-order valence-electron chi connectivity index (χ3n) is 2.38. The van der Waals surface area contributed by atoms with Crippen molar-refractivity contribution in [2.45, 2.75) is 40.0 Å². The van der Waals surface area contributed by atoms with E-state index in [9.17, 15) is 9.18 Å². The number of halogens is 1. The van der Waals surface area contributed by atoms with E-state index in [0.29, 0.717) is 12.4 Å². The number of ether oxygens (including phenoxy) is 1. The van der Waals surface area contributed by atoms with Crippen LogP contribution in [0.4, 0.5) is 4.39 Å². The SMILES string of the molecule is CCCCC.CCOc1cc(F)cc(C(=O)NC)c1. The predicted molar refractivity (Wildman–Crippen MR) is 76.2 cm³/mol. The molecule has 0 unspecified atom stereocenters. The maximum absolute atomic E-state index is 13.0. The van der Waals surface area contributed by atoms with Crippen LogP contribution in [-0.2, 0) is 0 Å². The molecule has 0 aromatic heterocycles. The molecule has 0 bridgehead atoms. The molecule has 108 valence electrons. The molecule has 19 heavy (non-hydrogen) atoms. The molecule has 3 nitrogen and oxygen atoms in total. The van der Waals surface area contributed by atoms with Gasteiger partial charge in [0.15, 0.2) is 0 Å². The van der Waals surface area contributed by atoms with Crippen LogP contribution in [0.25, 0.3) is 0 Å². The van der Waals surface area contributed by atoms with Crippen molar-refractivity contribution in [1.82, 2.24) is 5.32 Å². The third-order valence-corrected chi connectivity index (χ3v) is 2.38. The smallest absolute Gasteiger partial charge is 0.251 e. The molecule has 1 amide bonds. The van der Waals surface area contributed by atoms with Gasteiger partial charge in [-0.1, -0.05) is 33.1 Å². The van der Waals surface area contributed by atoms with Gasteiger partial charge in [-0.15, -0.1) is 0 Å². The van der Waals surface area contributed by atoms with E-state index in [4.69, 9.17) is 4.74 Å². The Morgan fingerprint density at radius 2 is 1.84 bits per heavy atom. The van der Waals surface area contributed by atoms with Crippen LogP contribution in [0.5, 0.6) is 5.75 Å². The van der Waals surface area contributed by atoms with E-state index in [1.807, 2.05) is 0 Å². The van der Waals surface area contributed by atoms with Gasteiger partial charge in [0.2, 0.25) is 0 Å². The third kappa shape index (κ3) is 7.44. The summed E-state index contributed by atoms with van der Waals surface area (Å²) in [5.74, 6) is -0.439. The lowest BCUT2D eigenvalue weighted by molar-refractivity contribution is 0.0962. The molecule has 0 heterocycles. The molecule has 1 aromatic carbocycles. The fourth-order valence-electron chi connectivity index (χ4n) is 1.44. The first-order chi connectivity index (χ1) is 9.08. The summed E-state index contributed by atoms with van der Waals surface area (Å²) in [5, 5.41) is 2.42. The molecule has 0 aliphatic rings. The Morgan fingerprint density at radius 3 is 2.26 bits per heavy atom. The van der Waals surface area contributed by atoms with Gasteiger partial charge in [-0.3, -0.25) is 4.79 Å². The quantitative estimate of drug-likeness (QED) is 0.883. The molecule has 1 aromatic rings. The lowest BCUT2D eigenvalue weighted by Crippen LogP contribution is -2.18. The lowest BCUT2D eigenvalue weighted by atomic mass is 10.2. The van der Waals surface area contributed by atoms with Crippen LogP contribution in [0.3, 0.4) is 0 Å². The van der Waals surface area contributed by atoms with E-state index >= 15 is 0 Å². The summed E-state index contributed by atoms with van der Waals surface area (Å²) in [7, 11) is 1.49. The van der Waals surface area contributed by atoms with Crippen molar-refractivity contribution in [2.75, 3.05) is 13.7 Å². The minimum absolute atomic E-state index is 0.260. The average Bonchev–Trinajstić information content (AvgIpc) is 2.39. The molecule has 0 spiro atoms. The van der Waals surface area contributed by atoms with E-state index in [0.717, 1.165) is 0 Å². The standard InChI is InChI=1S/C10H12FNO2.C5H12/c1-3-14-9-5-7(10(13)12-2)4-8(11)6-9;1-3-5-4-2/h4-6H,3H2,1-2H3,(H,12,13);3-5H2,1-2H3. The maximum atomic E-state index is 13.0. The normalized spacial score (nSPS) is 9.32. The Labute approximate surface area is 115 Å². The second kappa shape index (κ2) is 10.4. The minimum atomic E-state index is -0.477. The topological polar surface area (TPSA) is 38.3 Å². The zero-order valence-electron chi connectivity index (χ0n) is 12.3. The summed E-state index contributed by atoms with van der Waals surface area (Å²) in [6, 6.07) is 3.92. The van der Waals surface area contributed by atoms with E-state index < -0.39 is 5.82 Å². The first-order valence-corrected chi connectivity index (χ1v) is 6.74. The van der Waals surface area contributed by atoms with Crippen LogP contribution >= 0.6 is 0 Å². The number of carbonyl (C=O) groups excluding carboxylic acids is 1. The molecule has 0 radical (unpaired) electrons. The van der Waals surface area contributed by atoms with Crippen molar-refractivity contribution in [2.24, 2.45) is 0 Å². The first kappa shape index (κ1) is 17.4. The van der Waals surface area contributed by atoms with Gasteiger partial charge in [0.1, 0.15) is 11.6 Å². The summed E-state index contributed by atoms with van der Waals surface area (Å²) >= 11 is 0. The second-order valence-electron chi connectivity index (χ2n) is 4.04. The first-order valence-electron chi connectivity index (χ1n) is 6.74. The van der Waals surface area contributed by atoms with Gasteiger partial charge in [-0.05, 0) is 19.1 Å². The number of rotatable bonds is 5. The van der Waals surface area contributed by atoms with Gasteiger partial charge >= 0.3 is 0 Å². The number of carbonyl (C=O) groups is 1. The van der Waals surface area contributed by atoms with Crippen LogP contribution in [0, 0.1) is 5.82 Å². The van der Waals surface area contributed by atoms with Crippen LogP contribution in [0.2, 0.25) is 0 Å². The van der Waals surface area contributed by atoms with Crippen molar-refractivity contribution in [3.63, 3.8) is 0 Å². The number of amides is 1. The van der Waals surface area contributed by atoms with Crippen LogP contribution in [0.15, 0.2) is 18.2 Å². The van der Waals surface area contributed by atoms with Gasteiger partial charge < -0.3 is 10.1 Å². The number of unbranched alkanes of at least 4 members (excludes halogenated alkanes) is 2. The largest absolute Gasteiger partial charge is 0.494 e. The van der Waals surface area contributed by atoms with Gasteiger partial charge in [-0.25, -0.2) is 4.39 Å². The molecule has 0 fully saturated rings. The molecule has 0 aliphatic heterocycles. The van der Waals surface area contributed by atoms with E-state index in [-0.39, 0.29) is 11.5 Å². The lowest BCUT2D eigenvalue weighted by Gasteiger charge is -2.05. The Bertz CT molecular complexity index is 378. The highest BCUT2D eigenvalue weighted by molar-refractivity contribution is 5.94. The molecule has 0 saturated heterocycles. The molecule has 0 atom stereocenters. The van der Waals surface area contributed by atoms with Crippen LogP contribution < -0.4 is 10.1 Å². The minimum Gasteiger partial charge on any atom is -0.494 e. The molecule has 1 N–H and O–H groups in total. The summed E-state index contributed by atoms with van der Waals surface area (Å²) < 4.78 is 18.1. The number of benzene rings is 1. The monoisotopic (exact) mass is 269 g/mol. The summed E-state index contributed by atoms with van der Waals surface area (Å²) in [4.78, 5) is 11.2. The molecule has 0 aliphatic carbocycles. The van der Waals surface area contributed by atoms with Crippen molar-refractivity contribution in [3.8, 4) is 5.75 Å². The highest BCUT2D eigenvalue weighted by Crippen LogP contribution is 2.16. The summed E-state index contributed by atoms with van der Waals surface area (Å²) in [6.45, 7) is 6.66. The highest BCUT2D eigenvalue weighted by atomic mass is 19.1. The highest BCUT2D eigenvalue weighted by Gasteiger charge is 2.07. The Hall–Kier alpha value is -1.58. The fraction of sp³-hybridized carbons (Fsp3) is 0.533. The molecule has 1 rings (SSSR count). The number of hydrogen-bond donors (Lipinski definition) is 1. The van der Waals surface area contributed by atoms with E-state index in [1.54, 1.807) is 6.92 Å². The zero-order chi connectivity index (χ0) is 14.7. The van der Waals surface area contributed by atoms with Crippen molar-refractivity contribution < 1.29 is 13.9 Å². The number of hydrogen-bond acceptors (Lipinski definition) is 2.